The summed E-state index contributed by atoms with van der Waals surface area (Å²) < 4.78 is 0. The Bertz CT molecular complexity index is 303. The van der Waals surface area contributed by atoms with Gasteiger partial charge in [0.15, 0.2) is 0 Å². The van der Waals surface area contributed by atoms with E-state index in [1.165, 1.54) is 31.6 Å². The summed E-state index contributed by atoms with van der Waals surface area (Å²) in [5.74, 6) is 0.904. The van der Waals surface area contributed by atoms with Gasteiger partial charge in [0.05, 0.1) is 0 Å². The highest BCUT2D eigenvalue weighted by Crippen LogP contribution is 2.28. The first-order chi connectivity index (χ1) is 6.79. The number of hydrogen-bond donors (Lipinski definition) is 1. The van der Waals surface area contributed by atoms with Gasteiger partial charge in [0.1, 0.15) is 0 Å². The minimum atomic E-state index is 0.862. The summed E-state index contributed by atoms with van der Waals surface area (Å²) in [5.41, 5.74) is 7.88. The first-order valence-electron chi connectivity index (χ1n) is 5.40. The Labute approximate surface area is 85.7 Å². The van der Waals surface area contributed by atoms with E-state index in [-0.39, 0.29) is 0 Å². The van der Waals surface area contributed by atoms with Crippen LogP contribution in [0.4, 0.5) is 11.4 Å². The third kappa shape index (κ3) is 1.84. The lowest BCUT2D eigenvalue weighted by Gasteiger charge is -2.41. The third-order valence-corrected chi connectivity index (χ3v) is 2.89. The number of anilines is 2. The Hall–Kier alpha value is -1.18. The van der Waals surface area contributed by atoms with Gasteiger partial charge in [0.2, 0.25) is 0 Å². The molecule has 0 saturated carbocycles. The number of benzene rings is 1. The van der Waals surface area contributed by atoms with Crippen LogP contribution in [0.1, 0.15) is 19.8 Å². The normalized spacial score (nSPS) is 16.8. The molecule has 14 heavy (non-hydrogen) atoms. The van der Waals surface area contributed by atoms with Gasteiger partial charge in [-0.3, -0.25) is 0 Å². The molecule has 1 aromatic carbocycles. The highest BCUT2D eigenvalue weighted by atomic mass is 15.2. The van der Waals surface area contributed by atoms with Gasteiger partial charge in [0, 0.05) is 24.5 Å². The highest BCUT2D eigenvalue weighted by Gasteiger charge is 2.25. The quantitative estimate of drug-likeness (QED) is 0.742. The fourth-order valence-corrected chi connectivity index (χ4v) is 2.09. The molecule has 0 spiro atoms. The van der Waals surface area contributed by atoms with E-state index in [1.807, 2.05) is 12.1 Å². The molecule has 0 unspecified atom stereocenters. The third-order valence-electron chi connectivity index (χ3n) is 2.89. The number of nitrogens with zero attached hydrogens (tertiary/aromatic N) is 1. The summed E-state index contributed by atoms with van der Waals surface area (Å²) in [6.07, 6.45) is 2.66. The fourth-order valence-electron chi connectivity index (χ4n) is 2.09. The molecule has 0 atom stereocenters. The molecule has 1 aromatic rings. The molecule has 1 fully saturated rings. The van der Waals surface area contributed by atoms with Crippen molar-refractivity contribution in [1.82, 2.24) is 0 Å². The maximum Gasteiger partial charge on any atom is 0.0387 e. The van der Waals surface area contributed by atoms with Crippen molar-refractivity contribution in [2.24, 2.45) is 5.92 Å². The van der Waals surface area contributed by atoms with Crippen LogP contribution < -0.4 is 10.6 Å². The predicted octanol–water partition coefficient (Wildman–Crippen LogP) is 2.51. The molecule has 2 rings (SSSR count). The molecule has 2 heteroatoms. The summed E-state index contributed by atoms with van der Waals surface area (Å²) in [6, 6.07) is 8.16. The SMILES string of the molecule is CCCC1CN(c2cccc(N)c2)C1. The van der Waals surface area contributed by atoms with E-state index in [2.05, 4.69) is 24.0 Å². The van der Waals surface area contributed by atoms with Crippen molar-refractivity contribution in [2.75, 3.05) is 23.7 Å². The average Bonchev–Trinajstić information content (AvgIpc) is 2.10. The summed E-state index contributed by atoms with van der Waals surface area (Å²) in [6.45, 7) is 4.66. The summed E-state index contributed by atoms with van der Waals surface area (Å²) in [4.78, 5) is 2.40. The van der Waals surface area contributed by atoms with Crippen molar-refractivity contribution < 1.29 is 0 Å². The van der Waals surface area contributed by atoms with E-state index in [4.69, 9.17) is 5.73 Å². The fraction of sp³-hybridized carbons (Fsp3) is 0.500. The predicted molar refractivity (Wildman–Crippen MR) is 61.5 cm³/mol. The second-order valence-electron chi connectivity index (χ2n) is 4.15. The first-order valence-corrected chi connectivity index (χ1v) is 5.40. The van der Waals surface area contributed by atoms with E-state index in [1.54, 1.807) is 0 Å². The lowest BCUT2D eigenvalue weighted by atomic mass is 9.94. The molecular formula is C12H18N2. The van der Waals surface area contributed by atoms with Gasteiger partial charge in [-0.05, 0) is 30.5 Å². The Balaban J connectivity index is 1.93. The van der Waals surface area contributed by atoms with Crippen molar-refractivity contribution in [3.05, 3.63) is 24.3 Å². The summed E-state index contributed by atoms with van der Waals surface area (Å²) >= 11 is 0. The minimum Gasteiger partial charge on any atom is -0.399 e. The van der Waals surface area contributed by atoms with Crippen molar-refractivity contribution in [1.29, 1.82) is 0 Å². The van der Waals surface area contributed by atoms with E-state index >= 15 is 0 Å². The number of nitrogens with two attached hydrogens (primary N) is 1. The van der Waals surface area contributed by atoms with E-state index in [0.29, 0.717) is 0 Å². The van der Waals surface area contributed by atoms with Crippen molar-refractivity contribution in [3.63, 3.8) is 0 Å². The molecule has 1 heterocycles. The number of hydrogen-bond acceptors (Lipinski definition) is 2. The molecule has 76 valence electrons. The Morgan fingerprint density at radius 3 is 2.86 bits per heavy atom. The van der Waals surface area contributed by atoms with Gasteiger partial charge >= 0.3 is 0 Å². The van der Waals surface area contributed by atoms with Gasteiger partial charge in [-0.1, -0.05) is 19.4 Å². The smallest absolute Gasteiger partial charge is 0.0387 e. The maximum atomic E-state index is 5.74. The van der Waals surface area contributed by atoms with Crippen LogP contribution in [-0.4, -0.2) is 13.1 Å². The van der Waals surface area contributed by atoms with Crippen molar-refractivity contribution >= 4 is 11.4 Å². The monoisotopic (exact) mass is 190 g/mol. The second kappa shape index (κ2) is 3.91. The van der Waals surface area contributed by atoms with Crippen LogP contribution in [-0.2, 0) is 0 Å². The first kappa shape index (κ1) is 9.38. The number of nitrogen functional groups attached to an aromatic ring is 1. The minimum absolute atomic E-state index is 0.862. The molecule has 1 aliphatic heterocycles. The van der Waals surface area contributed by atoms with E-state index in [9.17, 15) is 0 Å². The zero-order chi connectivity index (χ0) is 9.97. The highest BCUT2D eigenvalue weighted by molar-refractivity contribution is 5.57. The molecule has 0 aromatic heterocycles. The average molecular weight is 190 g/mol. The van der Waals surface area contributed by atoms with Crippen LogP contribution in [0.25, 0.3) is 0 Å². The van der Waals surface area contributed by atoms with Crippen LogP contribution in [0.3, 0.4) is 0 Å². The lowest BCUT2D eigenvalue weighted by Crippen LogP contribution is -2.46. The van der Waals surface area contributed by atoms with Crippen LogP contribution >= 0.6 is 0 Å². The van der Waals surface area contributed by atoms with E-state index in [0.717, 1.165) is 11.6 Å². The zero-order valence-corrected chi connectivity index (χ0v) is 8.74. The Morgan fingerprint density at radius 1 is 1.43 bits per heavy atom. The molecule has 1 aliphatic rings. The largest absolute Gasteiger partial charge is 0.399 e. The van der Waals surface area contributed by atoms with Crippen LogP contribution in [0.15, 0.2) is 24.3 Å². The van der Waals surface area contributed by atoms with Crippen molar-refractivity contribution in [3.8, 4) is 0 Å². The van der Waals surface area contributed by atoms with Gasteiger partial charge in [-0.2, -0.15) is 0 Å². The molecule has 0 radical (unpaired) electrons. The number of rotatable bonds is 3. The molecule has 1 saturated heterocycles. The van der Waals surface area contributed by atoms with Gasteiger partial charge < -0.3 is 10.6 Å². The molecule has 2 nitrogen and oxygen atoms in total. The Morgan fingerprint density at radius 2 is 2.21 bits per heavy atom. The molecule has 0 bridgehead atoms. The molecule has 0 amide bonds. The Kier molecular flexibility index (Phi) is 2.62. The van der Waals surface area contributed by atoms with Crippen molar-refractivity contribution in [2.45, 2.75) is 19.8 Å². The van der Waals surface area contributed by atoms with Crippen LogP contribution in [0.5, 0.6) is 0 Å². The molecular weight excluding hydrogens is 172 g/mol. The maximum absolute atomic E-state index is 5.74. The summed E-state index contributed by atoms with van der Waals surface area (Å²) in [5, 5.41) is 0. The van der Waals surface area contributed by atoms with Crippen LogP contribution in [0.2, 0.25) is 0 Å². The van der Waals surface area contributed by atoms with Gasteiger partial charge in [0.25, 0.3) is 0 Å². The van der Waals surface area contributed by atoms with Gasteiger partial charge in [-0.25, -0.2) is 0 Å². The summed E-state index contributed by atoms with van der Waals surface area (Å²) in [7, 11) is 0. The molecule has 2 N–H and O–H groups in total. The standard InChI is InChI=1S/C12H18N2/c1-2-4-10-8-14(9-10)12-6-3-5-11(13)7-12/h3,5-7,10H,2,4,8-9,13H2,1H3. The van der Waals surface area contributed by atoms with E-state index < -0.39 is 0 Å². The molecule has 0 aliphatic carbocycles. The van der Waals surface area contributed by atoms with Crippen LogP contribution in [0, 0.1) is 5.92 Å². The van der Waals surface area contributed by atoms with Gasteiger partial charge in [-0.15, -0.1) is 0 Å². The zero-order valence-electron chi connectivity index (χ0n) is 8.74. The topological polar surface area (TPSA) is 29.3 Å². The lowest BCUT2D eigenvalue weighted by molar-refractivity contribution is 0.381. The second-order valence-corrected chi connectivity index (χ2v) is 4.15.